The summed E-state index contributed by atoms with van der Waals surface area (Å²) >= 11 is 3.70. The Morgan fingerprint density at radius 3 is 2.38 bits per heavy atom. The zero-order valence-corrected chi connectivity index (χ0v) is 35.6. The van der Waals surface area contributed by atoms with Crippen LogP contribution < -0.4 is 20.4 Å². The third-order valence-corrected chi connectivity index (χ3v) is 17.1. The van der Waals surface area contributed by atoms with Crippen LogP contribution in [0.1, 0.15) is 30.0 Å². The standard InChI is InChI=1S/C46H47BrN4O6Si/c1-30-43(58(3,4)36-20-18-35(56-2)19-21-36)41(27-42(53)49(23-24-52)28-31-11-6-5-7-12-31)57-46(30)38-26-33(47)17-22-40(38)50(45(46)55)29-32-13-10-14-34(25-32)51-44(54)37-15-8-9-16-39(37)48-51/h5-22,25-26,30,41,43,48,52H,23-24,27-29H2,1-4H3/t30-,41+,43-,46+/m0/s1. The summed E-state index contributed by atoms with van der Waals surface area (Å²) in [4.78, 5) is 46.7. The van der Waals surface area contributed by atoms with Crippen LogP contribution in [0.5, 0.6) is 5.75 Å². The van der Waals surface area contributed by atoms with E-state index in [4.69, 9.17) is 9.47 Å². The Labute approximate surface area is 347 Å². The summed E-state index contributed by atoms with van der Waals surface area (Å²) in [6.07, 6.45) is -0.551. The number of rotatable bonds is 12. The number of anilines is 1. The number of methoxy groups -OCH3 is 1. The van der Waals surface area contributed by atoms with Gasteiger partial charge >= 0.3 is 0 Å². The lowest BCUT2D eigenvalue weighted by atomic mass is 9.82. The molecule has 0 aliphatic carbocycles. The van der Waals surface area contributed by atoms with Gasteiger partial charge in [0, 0.05) is 29.0 Å². The maximum absolute atomic E-state index is 15.4. The summed E-state index contributed by atoms with van der Waals surface area (Å²) in [7, 11) is -0.893. The molecule has 0 bridgehead atoms. The van der Waals surface area contributed by atoms with Crippen molar-refractivity contribution in [3.05, 3.63) is 153 Å². The van der Waals surface area contributed by atoms with Crippen LogP contribution >= 0.6 is 15.9 Å². The number of nitrogens with one attached hydrogen (secondary N) is 1. The van der Waals surface area contributed by atoms with Gasteiger partial charge in [-0.15, -0.1) is 0 Å². The Morgan fingerprint density at radius 2 is 1.66 bits per heavy atom. The highest BCUT2D eigenvalue weighted by Gasteiger charge is 2.66. The van der Waals surface area contributed by atoms with Crippen molar-refractivity contribution in [1.82, 2.24) is 14.7 Å². The monoisotopic (exact) mass is 858 g/mol. The second-order valence-corrected chi connectivity index (χ2v) is 21.5. The predicted molar refractivity (Wildman–Crippen MR) is 232 cm³/mol. The number of aliphatic hydroxyl groups excluding tert-OH is 1. The molecule has 2 aliphatic rings. The molecule has 10 nitrogen and oxygen atoms in total. The fourth-order valence-corrected chi connectivity index (χ4v) is 13.7. The number of aromatic amines is 1. The maximum Gasteiger partial charge on any atom is 0.279 e. The topological polar surface area (TPSA) is 117 Å². The Balaban J connectivity index is 1.18. The molecule has 0 unspecified atom stereocenters. The number of nitrogens with zero attached hydrogens (tertiary/aromatic N) is 3. The van der Waals surface area contributed by atoms with Crippen LogP contribution in [0.3, 0.4) is 0 Å². The van der Waals surface area contributed by atoms with E-state index in [-0.39, 0.29) is 54.9 Å². The molecule has 6 aromatic rings. The molecule has 1 aromatic heterocycles. The highest BCUT2D eigenvalue weighted by atomic mass is 79.9. The van der Waals surface area contributed by atoms with Crippen LogP contribution in [-0.4, -0.2) is 66.0 Å². The van der Waals surface area contributed by atoms with E-state index in [2.05, 4.69) is 53.2 Å². The zero-order chi connectivity index (χ0) is 40.8. The van der Waals surface area contributed by atoms with E-state index in [0.717, 1.165) is 38.1 Å². The number of H-pyrrole nitrogens is 1. The van der Waals surface area contributed by atoms with Crippen molar-refractivity contribution in [1.29, 1.82) is 0 Å². The molecule has 0 saturated carbocycles. The lowest BCUT2D eigenvalue weighted by Crippen LogP contribution is -2.52. The second-order valence-electron chi connectivity index (χ2n) is 15.9. The summed E-state index contributed by atoms with van der Waals surface area (Å²) in [6, 6.07) is 38.8. The lowest BCUT2D eigenvalue weighted by molar-refractivity contribution is -0.150. The number of hydrogen-bond donors (Lipinski definition) is 2. The normalized spacial score (nSPS) is 20.2. The minimum atomic E-state index is -2.54. The summed E-state index contributed by atoms with van der Waals surface area (Å²) in [5.74, 6) is 0.109. The number of halogens is 1. The number of benzene rings is 5. The third-order valence-electron chi connectivity index (χ3n) is 12.2. The van der Waals surface area contributed by atoms with Gasteiger partial charge in [0.2, 0.25) is 5.91 Å². The highest BCUT2D eigenvalue weighted by molar-refractivity contribution is 9.10. The van der Waals surface area contributed by atoms with E-state index in [1.54, 1.807) is 23.0 Å². The maximum atomic E-state index is 15.4. The predicted octanol–water partition coefficient (Wildman–Crippen LogP) is 7.26. The first-order valence-electron chi connectivity index (χ1n) is 19.6. The van der Waals surface area contributed by atoms with Gasteiger partial charge in [0.15, 0.2) is 5.60 Å². The Morgan fingerprint density at radius 1 is 0.931 bits per heavy atom. The molecule has 5 aromatic carbocycles. The van der Waals surface area contributed by atoms with Gasteiger partial charge in [-0.25, -0.2) is 4.68 Å². The first kappa shape index (κ1) is 39.5. The molecule has 1 fully saturated rings. The van der Waals surface area contributed by atoms with Crippen LogP contribution in [0.15, 0.2) is 131 Å². The number of aromatic nitrogens is 2. The van der Waals surface area contributed by atoms with Gasteiger partial charge in [-0.2, -0.15) is 0 Å². The van der Waals surface area contributed by atoms with Crippen LogP contribution in [0.2, 0.25) is 18.6 Å². The number of para-hydroxylation sites is 1. The van der Waals surface area contributed by atoms with Crippen LogP contribution in [0, 0.1) is 5.92 Å². The quantitative estimate of drug-likeness (QED) is 0.125. The summed E-state index contributed by atoms with van der Waals surface area (Å²) in [6.45, 7) is 7.29. The summed E-state index contributed by atoms with van der Waals surface area (Å²) < 4.78 is 15.1. The van der Waals surface area contributed by atoms with E-state index in [9.17, 15) is 14.7 Å². The Hall–Kier alpha value is -5.27. The van der Waals surface area contributed by atoms with E-state index in [0.29, 0.717) is 17.6 Å². The lowest BCUT2D eigenvalue weighted by Gasteiger charge is -2.37. The molecule has 1 spiro atoms. The van der Waals surface area contributed by atoms with E-state index in [1.165, 1.54) is 9.87 Å². The van der Waals surface area contributed by atoms with E-state index >= 15 is 4.79 Å². The first-order valence-corrected chi connectivity index (χ1v) is 23.5. The molecular weight excluding hydrogens is 813 g/mol. The van der Waals surface area contributed by atoms with Crippen molar-refractivity contribution in [3.8, 4) is 11.4 Å². The van der Waals surface area contributed by atoms with Crippen molar-refractivity contribution in [2.45, 2.75) is 56.8 Å². The van der Waals surface area contributed by atoms with Crippen molar-refractivity contribution >= 4 is 57.6 Å². The average Bonchev–Trinajstić information content (AvgIpc) is 3.81. The minimum Gasteiger partial charge on any atom is -0.497 e. The molecule has 4 atom stereocenters. The van der Waals surface area contributed by atoms with E-state index in [1.807, 2.05) is 103 Å². The van der Waals surface area contributed by atoms with Gasteiger partial charge in [0.25, 0.3) is 11.5 Å². The molecule has 1 saturated heterocycles. The van der Waals surface area contributed by atoms with E-state index < -0.39 is 19.8 Å². The summed E-state index contributed by atoms with van der Waals surface area (Å²) in [5, 5.41) is 15.0. The fraction of sp³-hybridized carbons (Fsp3) is 0.283. The van der Waals surface area contributed by atoms with Crippen molar-refractivity contribution in [2.24, 2.45) is 5.92 Å². The number of hydrogen-bond acceptors (Lipinski definition) is 6. The number of ether oxygens (including phenoxy) is 2. The molecule has 3 heterocycles. The van der Waals surface area contributed by atoms with Gasteiger partial charge in [-0.1, -0.05) is 108 Å². The van der Waals surface area contributed by atoms with Crippen LogP contribution in [-0.2, 0) is 33.0 Å². The van der Waals surface area contributed by atoms with Gasteiger partial charge in [0.1, 0.15) is 5.75 Å². The van der Waals surface area contributed by atoms with Crippen molar-refractivity contribution < 1.29 is 24.2 Å². The highest BCUT2D eigenvalue weighted by Crippen LogP contribution is 2.60. The molecule has 2 amide bonds. The second kappa shape index (κ2) is 15.8. The van der Waals surface area contributed by atoms with Gasteiger partial charge in [0.05, 0.1) is 63.1 Å². The Kier molecular flexibility index (Phi) is 10.8. The van der Waals surface area contributed by atoms with Gasteiger partial charge in [-0.05, 0) is 71.3 Å². The van der Waals surface area contributed by atoms with Crippen molar-refractivity contribution in [2.75, 3.05) is 25.2 Å². The first-order chi connectivity index (χ1) is 28.0. The number of aliphatic hydroxyl groups is 1. The number of carbonyl (C=O) groups excluding carboxylic acids is 2. The molecule has 8 rings (SSSR count). The third kappa shape index (κ3) is 6.91. The smallest absolute Gasteiger partial charge is 0.279 e. The zero-order valence-electron chi connectivity index (χ0n) is 33.0. The van der Waals surface area contributed by atoms with Crippen LogP contribution in [0.4, 0.5) is 5.69 Å². The molecule has 12 heteroatoms. The molecule has 2 aliphatic heterocycles. The summed E-state index contributed by atoms with van der Waals surface area (Å²) in [5.41, 5.74) is 3.02. The Bertz CT molecular complexity index is 2540. The molecule has 0 radical (unpaired) electrons. The molecule has 58 heavy (non-hydrogen) atoms. The van der Waals surface area contributed by atoms with Crippen LogP contribution in [0.25, 0.3) is 16.6 Å². The largest absolute Gasteiger partial charge is 0.497 e. The minimum absolute atomic E-state index is 0.0497. The van der Waals surface area contributed by atoms with Gasteiger partial charge in [-0.3, -0.25) is 19.5 Å². The van der Waals surface area contributed by atoms with Crippen molar-refractivity contribution in [3.63, 3.8) is 0 Å². The number of amides is 2. The SMILES string of the molecule is COc1ccc([Si](C)(C)[C@@H]2[C@@H](CC(=O)N(CCO)Cc3ccccc3)O[C@]3(C(=O)N(Cc4cccc(-n5[nH]c6ccccc6c5=O)c4)c4ccc(Br)cc43)[C@H]2C)cc1. The average molecular weight is 860 g/mol. The molecule has 2 N–H and O–H groups in total. The molecular formula is C46H47BrN4O6Si. The number of fused-ring (bicyclic) bond motifs is 3. The number of carbonyl (C=O) groups is 2. The van der Waals surface area contributed by atoms with Gasteiger partial charge < -0.3 is 24.4 Å². The fourth-order valence-electron chi connectivity index (χ4n) is 9.38. The molecule has 298 valence electrons.